The lowest BCUT2D eigenvalue weighted by Crippen LogP contribution is -2.14. The first kappa shape index (κ1) is 11.6. The smallest absolute Gasteiger partial charge is 0.339 e. The first-order chi connectivity index (χ1) is 9.15. The lowest BCUT2D eigenvalue weighted by molar-refractivity contribution is -0.150. The van der Waals surface area contributed by atoms with Crippen LogP contribution in [0.5, 0.6) is 5.75 Å². The van der Waals surface area contributed by atoms with Crippen molar-refractivity contribution in [1.82, 2.24) is 0 Å². The molecule has 0 radical (unpaired) electrons. The predicted molar refractivity (Wildman–Crippen MR) is 64.6 cm³/mol. The van der Waals surface area contributed by atoms with Crippen LogP contribution in [0.2, 0.25) is 0 Å². The second-order valence-electron chi connectivity index (χ2n) is 4.01. The minimum absolute atomic E-state index is 0.0930. The van der Waals surface area contributed by atoms with E-state index in [1.165, 1.54) is 25.7 Å². The maximum Gasteiger partial charge on any atom is 0.339 e. The Morgan fingerprint density at radius 3 is 2.53 bits per heavy atom. The SMILES string of the molecule is COC(=O)C(O)c1c2ccoc2c(O)c2ccoc12. The molecule has 0 spiro atoms. The molecule has 0 bridgehead atoms. The van der Waals surface area contributed by atoms with Crippen molar-refractivity contribution in [3.8, 4) is 5.75 Å². The number of hydrogen-bond acceptors (Lipinski definition) is 6. The molecule has 0 aliphatic carbocycles. The predicted octanol–water partition coefficient (Wildman–Crippen LogP) is 2.09. The van der Waals surface area contributed by atoms with Crippen LogP contribution in [0.15, 0.2) is 33.5 Å². The Kier molecular flexibility index (Phi) is 2.46. The normalized spacial score (nSPS) is 12.9. The van der Waals surface area contributed by atoms with Crippen molar-refractivity contribution in [3.05, 3.63) is 30.2 Å². The first-order valence-corrected chi connectivity index (χ1v) is 5.50. The third kappa shape index (κ3) is 1.50. The first-order valence-electron chi connectivity index (χ1n) is 5.50. The topological polar surface area (TPSA) is 93.0 Å². The number of benzene rings is 1. The highest BCUT2D eigenvalue weighted by Crippen LogP contribution is 2.41. The number of aromatic hydroxyl groups is 1. The van der Waals surface area contributed by atoms with Gasteiger partial charge in [0.2, 0.25) is 0 Å². The highest BCUT2D eigenvalue weighted by atomic mass is 16.5. The van der Waals surface area contributed by atoms with E-state index in [1.807, 2.05) is 0 Å². The molecule has 2 aromatic heterocycles. The average molecular weight is 262 g/mol. The van der Waals surface area contributed by atoms with Crippen LogP contribution in [0.25, 0.3) is 21.9 Å². The van der Waals surface area contributed by atoms with Gasteiger partial charge in [0, 0.05) is 10.9 Å². The minimum atomic E-state index is -1.51. The summed E-state index contributed by atoms with van der Waals surface area (Å²) < 4.78 is 15.0. The largest absolute Gasteiger partial charge is 0.504 e. The molecule has 1 aromatic carbocycles. The van der Waals surface area contributed by atoms with E-state index in [1.54, 1.807) is 6.07 Å². The van der Waals surface area contributed by atoms with E-state index in [0.717, 1.165) is 0 Å². The number of esters is 1. The quantitative estimate of drug-likeness (QED) is 0.687. The molecule has 6 heteroatoms. The summed E-state index contributed by atoms with van der Waals surface area (Å²) in [6, 6.07) is 3.07. The number of aliphatic hydroxyl groups excluding tert-OH is 1. The summed E-state index contributed by atoms with van der Waals surface area (Å²) in [7, 11) is 1.18. The van der Waals surface area contributed by atoms with Crippen molar-refractivity contribution in [2.75, 3.05) is 7.11 Å². The number of ether oxygens (including phenoxy) is 1. The van der Waals surface area contributed by atoms with Gasteiger partial charge >= 0.3 is 5.97 Å². The zero-order valence-electron chi connectivity index (χ0n) is 9.91. The monoisotopic (exact) mass is 262 g/mol. The molecule has 2 N–H and O–H groups in total. The number of carbonyl (C=O) groups is 1. The molecule has 3 aromatic rings. The summed E-state index contributed by atoms with van der Waals surface area (Å²) in [5.41, 5.74) is 0.629. The fourth-order valence-corrected chi connectivity index (χ4v) is 2.15. The van der Waals surface area contributed by atoms with Gasteiger partial charge in [0.05, 0.1) is 25.0 Å². The van der Waals surface area contributed by atoms with E-state index in [9.17, 15) is 15.0 Å². The molecule has 3 rings (SSSR count). The van der Waals surface area contributed by atoms with Crippen LogP contribution < -0.4 is 0 Å². The standard InChI is InChI=1S/C13H10O6/c1-17-13(16)10(15)8-6-2-4-19-12(6)9(14)7-3-5-18-11(7)8/h2-5,10,14-15H,1H3. The summed E-state index contributed by atoms with van der Waals surface area (Å²) in [6.07, 6.45) is 1.20. The lowest BCUT2D eigenvalue weighted by Gasteiger charge is -2.11. The number of carbonyl (C=O) groups excluding carboxylic acids is 1. The van der Waals surface area contributed by atoms with Gasteiger partial charge in [0.1, 0.15) is 5.58 Å². The Morgan fingerprint density at radius 2 is 1.84 bits per heavy atom. The van der Waals surface area contributed by atoms with E-state index in [2.05, 4.69) is 4.74 Å². The molecule has 98 valence electrons. The van der Waals surface area contributed by atoms with Crippen molar-refractivity contribution in [2.45, 2.75) is 6.10 Å². The Labute approximate surface area is 106 Å². The maximum atomic E-state index is 11.5. The molecule has 1 unspecified atom stereocenters. The fourth-order valence-electron chi connectivity index (χ4n) is 2.15. The molecule has 0 fully saturated rings. The summed E-state index contributed by atoms with van der Waals surface area (Å²) in [5, 5.41) is 20.9. The third-order valence-corrected chi connectivity index (χ3v) is 3.03. The zero-order valence-corrected chi connectivity index (χ0v) is 9.91. The van der Waals surface area contributed by atoms with Crippen LogP contribution in [-0.2, 0) is 9.53 Å². The Bertz CT molecular complexity index is 714. The molecule has 1 atom stereocenters. The van der Waals surface area contributed by atoms with Crippen LogP contribution in [0.3, 0.4) is 0 Å². The van der Waals surface area contributed by atoms with Gasteiger partial charge in [-0.05, 0) is 12.1 Å². The van der Waals surface area contributed by atoms with Crippen molar-refractivity contribution >= 4 is 27.9 Å². The zero-order chi connectivity index (χ0) is 13.6. The second kappa shape index (κ2) is 4.03. The number of rotatable bonds is 2. The van der Waals surface area contributed by atoms with Crippen LogP contribution in [0, 0.1) is 0 Å². The van der Waals surface area contributed by atoms with Crippen LogP contribution in [0.1, 0.15) is 11.7 Å². The summed E-state index contributed by atoms with van der Waals surface area (Å²) in [5.74, 6) is -0.907. The van der Waals surface area contributed by atoms with Gasteiger partial charge in [-0.2, -0.15) is 0 Å². The van der Waals surface area contributed by atoms with Crippen LogP contribution in [0.4, 0.5) is 0 Å². The summed E-state index contributed by atoms with van der Waals surface area (Å²) >= 11 is 0. The van der Waals surface area contributed by atoms with Crippen molar-refractivity contribution in [1.29, 1.82) is 0 Å². The molecule has 2 heterocycles. The number of furan rings is 2. The van der Waals surface area contributed by atoms with E-state index >= 15 is 0 Å². The molecule has 0 amide bonds. The molecule has 0 aliphatic rings. The molecule has 6 nitrogen and oxygen atoms in total. The number of methoxy groups -OCH3 is 1. The second-order valence-corrected chi connectivity index (χ2v) is 4.01. The minimum Gasteiger partial charge on any atom is -0.504 e. The van der Waals surface area contributed by atoms with Crippen molar-refractivity contribution in [3.63, 3.8) is 0 Å². The van der Waals surface area contributed by atoms with Crippen molar-refractivity contribution < 1.29 is 28.6 Å². The number of hydrogen-bond donors (Lipinski definition) is 2. The Hall–Kier alpha value is -2.47. The van der Waals surface area contributed by atoms with Gasteiger partial charge in [-0.1, -0.05) is 0 Å². The Balaban J connectivity index is 2.42. The molecular formula is C13H10O6. The van der Waals surface area contributed by atoms with Crippen LogP contribution >= 0.6 is 0 Å². The van der Waals surface area contributed by atoms with Crippen molar-refractivity contribution in [2.24, 2.45) is 0 Å². The maximum absolute atomic E-state index is 11.5. The van der Waals surface area contributed by atoms with E-state index in [-0.39, 0.29) is 22.5 Å². The molecular weight excluding hydrogens is 252 g/mol. The summed E-state index contributed by atoms with van der Waals surface area (Å²) in [4.78, 5) is 11.5. The highest BCUT2D eigenvalue weighted by Gasteiger charge is 2.28. The van der Waals surface area contributed by atoms with Crippen LogP contribution in [-0.4, -0.2) is 23.3 Å². The van der Waals surface area contributed by atoms with Gasteiger partial charge in [-0.25, -0.2) is 4.79 Å². The molecule has 0 saturated heterocycles. The van der Waals surface area contributed by atoms with E-state index < -0.39 is 12.1 Å². The van der Waals surface area contributed by atoms with E-state index in [0.29, 0.717) is 10.8 Å². The Morgan fingerprint density at radius 1 is 1.21 bits per heavy atom. The molecule has 19 heavy (non-hydrogen) atoms. The average Bonchev–Trinajstić information content (AvgIpc) is 3.06. The van der Waals surface area contributed by atoms with Gasteiger partial charge in [0.15, 0.2) is 17.4 Å². The van der Waals surface area contributed by atoms with Gasteiger partial charge < -0.3 is 23.8 Å². The number of fused-ring (bicyclic) bond motifs is 2. The van der Waals surface area contributed by atoms with Gasteiger partial charge in [0.25, 0.3) is 0 Å². The summed E-state index contributed by atoms with van der Waals surface area (Å²) in [6.45, 7) is 0. The molecule has 0 aliphatic heterocycles. The van der Waals surface area contributed by atoms with Gasteiger partial charge in [-0.3, -0.25) is 0 Å². The fraction of sp³-hybridized carbons (Fsp3) is 0.154. The van der Waals surface area contributed by atoms with E-state index in [4.69, 9.17) is 8.83 Å². The number of aliphatic hydroxyl groups is 1. The van der Waals surface area contributed by atoms with Gasteiger partial charge in [-0.15, -0.1) is 0 Å². The highest BCUT2D eigenvalue weighted by molar-refractivity contribution is 6.06. The third-order valence-electron chi connectivity index (χ3n) is 3.03. The lowest BCUT2D eigenvalue weighted by atomic mass is 10.0. The number of phenols is 1. The molecule has 0 saturated carbocycles. The number of phenolic OH excluding ortho intramolecular Hbond substituents is 1.